The summed E-state index contributed by atoms with van der Waals surface area (Å²) in [5.74, 6) is 1.12. The van der Waals surface area contributed by atoms with E-state index in [1.54, 1.807) is 10.7 Å². The van der Waals surface area contributed by atoms with Crippen molar-refractivity contribution in [3.8, 4) is 5.88 Å². The van der Waals surface area contributed by atoms with Gasteiger partial charge < -0.3 is 9.64 Å². The molecule has 0 radical (unpaired) electrons. The highest BCUT2D eigenvalue weighted by Gasteiger charge is 2.23. The predicted octanol–water partition coefficient (Wildman–Crippen LogP) is 5.51. The molecule has 7 nitrogen and oxygen atoms in total. The Labute approximate surface area is 228 Å². The number of aryl methyl sites for hydroxylation is 1. The largest absolute Gasteiger partial charge is 0.469 e. The van der Waals surface area contributed by atoms with Crippen LogP contribution in [0.25, 0.3) is 10.9 Å². The SMILES string of the molecule is CC(Oc1ccc2c(n1)CCN(CCC1CCC(/C=N/C(=O)c3cccc4nn(C)cc34)CC1)CC2)C(F)F. The van der Waals surface area contributed by atoms with Crippen LogP contribution in [0.5, 0.6) is 5.88 Å². The Morgan fingerprint density at radius 3 is 2.74 bits per heavy atom. The second kappa shape index (κ2) is 12.3. The summed E-state index contributed by atoms with van der Waals surface area (Å²) in [5, 5.41) is 5.22. The molecule has 1 amide bonds. The fraction of sp³-hybridized carbons (Fsp3) is 0.533. The van der Waals surface area contributed by atoms with Crippen molar-refractivity contribution in [2.24, 2.45) is 23.9 Å². The van der Waals surface area contributed by atoms with Crippen molar-refractivity contribution < 1.29 is 18.3 Å². The van der Waals surface area contributed by atoms with Crippen LogP contribution in [0.1, 0.15) is 60.6 Å². The van der Waals surface area contributed by atoms with Crippen molar-refractivity contribution in [1.82, 2.24) is 19.7 Å². The topological polar surface area (TPSA) is 72.6 Å². The lowest BCUT2D eigenvalue weighted by Gasteiger charge is -2.28. The van der Waals surface area contributed by atoms with E-state index in [9.17, 15) is 13.6 Å². The molecule has 1 fully saturated rings. The lowest BCUT2D eigenvalue weighted by molar-refractivity contribution is 0.0200. The Hall–Kier alpha value is -3.20. The lowest BCUT2D eigenvalue weighted by Crippen LogP contribution is -2.29. The third-order valence-electron chi connectivity index (χ3n) is 8.11. The van der Waals surface area contributed by atoms with Gasteiger partial charge in [-0.1, -0.05) is 12.1 Å². The summed E-state index contributed by atoms with van der Waals surface area (Å²) in [6.45, 7) is 4.32. The summed E-state index contributed by atoms with van der Waals surface area (Å²) in [6.07, 6.45) is 7.36. The molecule has 0 N–H and O–H groups in total. The fourth-order valence-electron chi connectivity index (χ4n) is 5.72. The van der Waals surface area contributed by atoms with Crippen LogP contribution in [0.4, 0.5) is 8.78 Å². The first-order valence-corrected chi connectivity index (χ1v) is 14.0. The van der Waals surface area contributed by atoms with E-state index in [2.05, 4.69) is 20.0 Å². The monoisotopic (exact) mass is 537 g/mol. The summed E-state index contributed by atoms with van der Waals surface area (Å²) in [4.78, 5) is 24.1. The Balaban J connectivity index is 1.06. The number of aliphatic imine (C=N–C) groups is 1. The Morgan fingerprint density at radius 2 is 1.95 bits per heavy atom. The number of carbonyl (C=O) groups is 1. The number of alkyl halides is 2. The number of halogens is 2. The highest BCUT2D eigenvalue weighted by atomic mass is 19.3. The van der Waals surface area contributed by atoms with E-state index in [4.69, 9.17) is 4.74 Å². The highest BCUT2D eigenvalue weighted by molar-refractivity contribution is 6.08. The summed E-state index contributed by atoms with van der Waals surface area (Å²) >= 11 is 0. The van der Waals surface area contributed by atoms with E-state index in [1.807, 2.05) is 43.7 Å². The quantitative estimate of drug-likeness (QED) is 0.355. The maximum Gasteiger partial charge on any atom is 0.277 e. The molecule has 2 aliphatic rings. The minimum Gasteiger partial charge on any atom is -0.469 e. The van der Waals surface area contributed by atoms with E-state index >= 15 is 0 Å². The van der Waals surface area contributed by atoms with Crippen LogP contribution in [-0.2, 0) is 19.9 Å². The number of nitrogens with zero attached hydrogens (tertiary/aromatic N) is 5. The zero-order valence-electron chi connectivity index (χ0n) is 22.7. The molecule has 1 aromatic carbocycles. The zero-order chi connectivity index (χ0) is 27.4. The van der Waals surface area contributed by atoms with E-state index in [0.29, 0.717) is 17.4 Å². The Kier molecular flexibility index (Phi) is 8.65. The van der Waals surface area contributed by atoms with Gasteiger partial charge in [-0.05, 0) is 81.5 Å². The van der Waals surface area contributed by atoms with E-state index in [0.717, 1.165) is 81.2 Å². The van der Waals surface area contributed by atoms with Crippen LogP contribution in [0, 0.1) is 11.8 Å². The molecule has 1 aliphatic heterocycles. The summed E-state index contributed by atoms with van der Waals surface area (Å²) in [6, 6.07) is 9.26. The fourth-order valence-corrected chi connectivity index (χ4v) is 5.72. The van der Waals surface area contributed by atoms with Gasteiger partial charge in [-0.2, -0.15) is 5.10 Å². The number of hydrogen-bond donors (Lipinski definition) is 0. The number of amides is 1. The van der Waals surface area contributed by atoms with E-state index in [-0.39, 0.29) is 11.8 Å². The van der Waals surface area contributed by atoms with Crippen molar-refractivity contribution in [1.29, 1.82) is 0 Å². The van der Waals surface area contributed by atoms with Gasteiger partial charge in [-0.25, -0.2) is 18.8 Å². The number of pyridine rings is 1. The molecular formula is C30H37F2N5O2. The van der Waals surface area contributed by atoms with Gasteiger partial charge in [-0.3, -0.25) is 9.48 Å². The number of rotatable bonds is 8. The first kappa shape index (κ1) is 27.4. The minimum absolute atomic E-state index is 0.199. The highest BCUT2D eigenvalue weighted by Crippen LogP contribution is 2.31. The van der Waals surface area contributed by atoms with Crippen LogP contribution in [-0.4, -0.2) is 63.9 Å². The van der Waals surface area contributed by atoms with Crippen LogP contribution in [0.3, 0.4) is 0 Å². The molecule has 1 unspecified atom stereocenters. The Morgan fingerprint density at radius 1 is 1.15 bits per heavy atom. The zero-order valence-corrected chi connectivity index (χ0v) is 22.7. The molecular weight excluding hydrogens is 500 g/mol. The molecule has 1 atom stereocenters. The normalized spacial score (nSPS) is 21.3. The molecule has 0 bridgehead atoms. The van der Waals surface area contributed by atoms with Gasteiger partial charge in [0.1, 0.15) is 0 Å². The number of aromatic nitrogens is 3. The molecule has 2 aromatic heterocycles. The predicted molar refractivity (Wildman–Crippen MR) is 148 cm³/mol. The van der Waals surface area contributed by atoms with Gasteiger partial charge in [0.2, 0.25) is 5.88 Å². The maximum absolute atomic E-state index is 12.8. The molecule has 39 heavy (non-hydrogen) atoms. The van der Waals surface area contributed by atoms with E-state index < -0.39 is 12.5 Å². The van der Waals surface area contributed by atoms with Gasteiger partial charge in [0.05, 0.1) is 11.1 Å². The van der Waals surface area contributed by atoms with Crippen molar-refractivity contribution in [2.45, 2.75) is 64.4 Å². The maximum atomic E-state index is 12.8. The summed E-state index contributed by atoms with van der Waals surface area (Å²) in [5.41, 5.74) is 3.56. The number of carbonyl (C=O) groups excluding carboxylic acids is 1. The number of ether oxygens (including phenoxy) is 1. The minimum atomic E-state index is -2.53. The third kappa shape index (κ3) is 6.87. The van der Waals surface area contributed by atoms with Crippen LogP contribution >= 0.6 is 0 Å². The van der Waals surface area contributed by atoms with Gasteiger partial charge in [0.25, 0.3) is 12.3 Å². The first-order chi connectivity index (χ1) is 18.9. The molecule has 0 spiro atoms. The molecule has 5 rings (SSSR count). The standard InChI is InChI=1S/C30H37F2N5O2/c1-20(29(31)32)39-28-11-10-23-13-16-37(17-14-26(23)34-28)15-12-21-6-8-22(9-7-21)18-33-30(38)24-4-3-5-27-25(24)19-36(2)35-27/h3-5,10-11,18-22,29H,6-9,12-17H2,1-2H3/b33-18+. The van der Waals surface area contributed by atoms with Gasteiger partial charge in [0.15, 0.2) is 6.10 Å². The smallest absolute Gasteiger partial charge is 0.277 e. The van der Waals surface area contributed by atoms with Crippen molar-refractivity contribution in [3.05, 3.63) is 53.3 Å². The van der Waals surface area contributed by atoms with Crippen molar-refractivity contribution >= 4 is 23.0 Å². The van der Waals surface area contributed by atoms with Gasteiger partial charge in [-0.15, -0.1) is 0 Å². The first-order valence-electron chi connectivity index (χ1n) is 14.0. The summed E-state index contributed by atoms with van der Waals surface area (Å²) < 4.78 is 32.7. The number of fused-ring (bicyclic) bond motifs is 2. The molecule has 3 heterocycles. The van der Waals surface area contributed by atoms with Crippen molar-refractivity contribution in [2.75, 3.05) is 19.6 Å². The molecule has 1 aliphatic carbocycles. The second-order valence-corrected chi connectivity index (χ2v) is 10.9. The van der Waals surface area contributed by atoms with Crippen LogP contribution in [0.15, 0.2) is 41.5 Å². The molecule has 1 saturated carbocycles. The number of benzene rings is 1. The summed E-state index contributed by atoms with van der Waals surface area (Å²) in [7, 11) is 1.85. The van der Waals surface area contributed by atoms with Crippen LogP contribution in [0.2, 0.25) is 0 Å². The average molecular weight is 538 g/mol. The Bertz CT molecular complexity index is 1320. The van der Waals surface area contributed by atoms with Gasteiger partial charge >= 0.3 is 0 Å². The average Bonchev–Trinajstić information content (AvgIpc) is 3.20. The van der Waals surface area contributed by atoms with Gasteiger partial charge in [0, 0.05) is 56.1 Å². The molecule has 0 saturated heterocycles. The van der Waals surface area contributed by atoms with Crippen molar-refractivity contribution in [3.63, 3.8) is 0 Å². The number of hydrogen-bond acceptors (Lipinski definition) is 5. The third-order valence-corrected chi connectivity index (χ3v) is 8.11. The molecule has 208 valence electrons. The molecule has 3 aromatic rings. The van der Waals surface area contributed by atoms with Crippen LogP contribution < -0.4 is 4.74 Å². The molecule has 9 heteroatoms. The lowest BCUT2D eigenvalue weighted by atomic mass is 9.81. The second-order valence-electron chi connectivity index (χ2n) is 10.9. The van der Waals surface area contributed by atoms with E-state index in [1.165, 1.54) is 12.5 Å².